The Kier molecular flexibility index (Phi) is 4.12. The van der Waals surface area contributed by atoms with Gasteiger partial charge in [-0.05, 0) is 37.3 Å². The van der Waals surface area contributed by atoms with E-state index in [1.54, 1.807) is 0 Å². The second-order valence-corrected chi connectivity index (χ2v) is 7.09. The maximum Gasteiger partial charge on any atom is 0.279 e. The van der Waals surface area contributed by atoms with Gasteiger partial charge >= 0.3 is 0 Å². The molecule has 5 heteroatoms. The quantitative estimate of drug-likeness (QED) is 0.887. The van der Waals surface area contributed by atoms with Gasteiger partial charge in [-0.1, -0.05) is 12.8 Å². The Hall–Kier alpha value is -1.75. The molecule has 1 saturated heterocycles. The molecule has 1 aromatic carbocycles. The van der Waals surface area contributed by atoms with E-state index in [-0.39, 0.29) is 12.7 Å². The molecule has 2 heterocycles. The van der Waals surface area contributed by atoms with Gasteiger partial charge in [0, 0.05) is 17.7 Å². The van der Waals surface area contributed by atoms with Gasteiger partial charge < -0.3 is 19.7 Å². The highest BCUT2D eigenvalue weighted by Gasteiger charge is 2.34. The number of hydrogen-bond acceptors (Lipinski definition) is 3. The molecule has 3 aliphatic rings. The molecule has 0 aromatic heterocycles. The predicted molar refractivity (Wildman–Crippen MR) is 86.8 cm³/mol. The van der Waals surface area contributed by atoms with E-state index in [0.29, 0.717) is 12.3 Å². The molecule has 1 aliphatic carbocycles. The fraction of sp³-hybridized carbons (Fsp3) is 0.611. The Labute approximate surface area is 136 Å². The van der Waals surface area contributed by atoms with Crippen LogP contribution in [0.25, 0.3) is 0 Å². The Balaban J connectivity index is 1.31. The molecule has 0 spiro atoms. The van der Waals surface area contributed by atoms with Gasteiger partial charge in [0.25, 0.3) is 5.91 Å². The van der Waals surface area contributed by atoms with Crippen molar-refractivity contribution in [3.05, 3.63) is 18.2 Å². The monoisotopic (exact) mass is 317 g/mol. The van der Waals surface area contributed by atoms with Crippen molar-refractivity contribution >= 4 is 11.6 Å². The molecule has 2 N–H and O–H groups in total. The number of rotatable bonds is 3. The van der Waals surface area contributed by atoms with Gasteiger partial charge in [-0.25, -0.2) is 0 Å². The predicted octanol–water partition coefficient (Wildman–Crippen LogP) is 1.45. The summed E-state index contributed by atoms with van der Waals surface area (Å²) in [5.74, 6) is 3.30. The summed E-state index contributed by atoms with van der Waals surface area (Å²) >= 11 is 0. The summed E-state index contributed by atoms with van der Waals surface area (Å²) in [6.45, 7) is 3.12. The van der Waals surface area contributed by atoms with E-state index < -0.39 is 0 Å². The Morgan fingerprint density at radius 3 is 2.87 bits per heavy atom. The van der Waals surface area contributed by atoms with Crippen LogP contribution >= 0.6 is 0 Å². The largest absolute Gasteiger partial charge is 0.454 e. The van der Waals surface area contributed by atoms with Crippen molar-refractivity contribution in [1.29, 1.82) is 0 Å². The number of piperidine rings is 1. The van der Waals surface area contributed by atoms with Crippen LogP contribution in [-0.2, 0) is 4.79 Å². The first-order valence-electron chi connectivity index (χ1n) is 8.81. The molecule has 0 bridgehead atoms. The number of benzene rings is 1. The lowest BCUT2D eigenvalue weighted by atomic mass is 9.75. The van der Waals surface area contributed by atoms with Crippen LogP contribution in [0.2, 0.25) is 0 Å². The van der Waals surface area contributed by atoms with E-state index >= 15 is 0 Å². The van der Waals surface area contributed by atoms with Gasteiger partial charge in [0.05, 0.1) is 13.1 Å². The van der Waals surface area contributed by atoms with Crippen molar-refractivity contribution in [2.45, 2.75) is 32.1 Å². The highest BCUT2D eigenvalue weighted by atomic mass is 16.7. The van der Waals surface area contributed by atoms with Gasteiger partial charge in [0.15, 0.2) is 18.0 Å². The van der Waals surface area contributed by atoms with E-state index in [9.17, 15) is 4.79 Å². The van der Waals surface area contributed by atoms with Gasteiger partial charge in [0.2, 0.25) is 6.79 Å². The molecular formula is C18H25N2O3+. The van der Waals surface area contributed by atoms with Gasteiger partial charge in [0.1, 0.15) is 0 Å². The molecule has 1 amide bonds. The van der Waals surface area contributed by atoms with Crippen molar-refractivity contribution in [2.24, 2.45) is 11.8 Å². The third-order valence-corrected chi connectivity index (χ3v) is 5.55. The topological polar surface area (TPSA) is 52.0 Å². The van der Waals surface area contributed by atoms with Gasteiger partial charge in [-0.15, -0.1) is 0 Å². The molecule has 2 aliphatic heterocycles. The first-order chi connectivity index (χ1) is 11.3. The summed E-state index contributed by atoms with van der Waals surface area (Å²) < 4.78 is 10.6. The molecule has 1 unspecified atom stereocenters. The molecule has 124 valence electrons. The zero-order valence-corrected chi connectivity index (χ0v) is 13.5. The molecule has 23 heavy (non-hydrogen) atoms. The van der Waals surface area contributed by atoms with Crippen LogP contribution in [-0.4, -0.2) is 32.3 Å². The molecular weight excluding hydrogens is 292 g/mol. The smallest absolute Gasteiger partial charge is 0.279 e. The van der Waals surface area contributed by atoms with Crippen LogP contribution < -0.4 is 19.7 Å². The lowest BCUT2D eigenvalue weighted by molar-refractivity contribution is -0.902. The SMILES string of the molecule is O=C(C[NH+]1CC[C@@H]2CCCC[C@@H]2C1)Nc1ccc2c(c1)OCO2. The van der Waals surface area contributed by atoms with E-state index in [1.807, 2.05) is 18.2 Å². The number of likely N-dealkylation sites (tertiary alicyclic amines) is 1. The van der Waals surface area contributed by atoms with Crippen molar-refractivity contribution < 1.29 is 19.2 Å². The normalized spacial score (nSPS) is 29.0. The first-order valence-corrected chi connectivity index (χ1v) is 8.81. The summed E-state index contributed by atoms with van der Waals surface area (Å²) in [6.07, 6.45) is 6.83. The number of amides is 1. The maximum absolute atomic E-state index is 12.3. The van der Waals surface area contributed by atoms with Gasteiger partial charge in [-0.3, -0.25) is 4.79 Å². The number of quaternary nitrogens is 1. The molecule has 3 atom stereocenters. The highest BCUT2D eigenvalue weighted by Crippen LogP contribution is 2.34. The average Bonchev–Trinajstić information content (AvgIpc) is 3.02. The Morgan fingerprint density at radius 1 is 1.13 bits per heavy atom. The number of ether oxygens (including phenoxy) is 2. The molecule has 2 fully saturated rings. The lowest BCUT2D eigenvalue weighted by Crippen LogP contribution is -3.15. The van der Waals surface area contributed by atoms with E-state index in [2.05, 4.69) is 5.32 Å². The summed E-state index contributed by atoms with van der Waals surface area (Å²) in [4.78, 5) is 13.8. The number of nitrogens with one attached hydrogen (secondary N) is 2. The van der Waals surface area contributed by atoms with Crippen LogP contribution in [0, 0.1) is 11.8 Å². The van der Waals surface area contributed by atoms with Crippen LogP contribution in [0.3, 0.4) is 0 Å². The summed E-state index contributed by atoms with van der Waals surface area (Å²) in [6, 6.07) is 5.55. The number of carbonyl (C=O) groups excluding carboxylic acids is 1. The molecule has 1 saturated carbocycles. The second-order valence-electron chi connectivity index (χ2n) is 7.09. The van der Waals surface area contributed by atoms with E-state index in [1.165, 1.54) is 43.5 Å². The molecule has 1 aromatic rings. The molecule has 5 nitrogen and oxygen atoms in total. The van der Waals surface area contributed by atoms with Crippen molar-refractivity contribution in [1.82, 2.24) is 0 Å². The van der Waals surface area contributed by atoms with Crippen molar-refractivity contribution in [2.75, 3.05) is 31.7 Å². The minimum atomic E-state index is 0.0909. The highest BCUT2D eigenvalue weighted by molar-refractivity contribution is 5.91. The third kappa shape index (κ3) is 3.29. The van der Waals surface area contributed by atoms with Crippen LogP contribution in [0.4, 0.5) is 5.69 Å². The number of carbonyl (C=O) groups is 1. The second kappa shape index (κ2) is 6.40. The minimum absolute atomic E-state index is 0.0909. The van der Waals surface area contributed by atoms with Crippen LogP contribution in [0.1, 0.15) is 32.1 Å². The number of anilines is 1. The Morgan fingerprint density at radius 2 is 1.96 bits per heavy atom. The first kappa shape index (κ1) is 14.8. The summed E-state index contributed by atoms with van der Waals surface area (Å²) in [7, 11) is 0. The van der Waals surface area contributed by atoms with E-state index in [0.717, 1.165) is 29.8 Å². The number of fused-ring (bicyclic) bond motifs is 2. The lowest BCUT2D eigenvalue weighted by Gasteiger charge is -2.38. The standard InChI is InChI=1S/C18H24N2O3/c21-18(19-15-5-6-16-17(9-15)23-12-22-16)11-20-8-7-13-3-1-2-4-14(13)10-20/h5-6,9,13-14H,1-4,7-8,10-12H2,(H,19,21)/p+1/t13-,14+/m0/s1. The minimum Gasteiger partial charge on any atom is -0.454 e. The third-order valence-electron chi connectivity index (χ3n) is 5.55. The number of hydrogen-bond donors (Lipinski definition) is 2. The maximum atomic E-state index is 12.3. The molecule has 0 radical (unpaired) electrons. The van der Waals surface area contributed by atoms with Crippen LogP contribution in [0.5, 0.6) is 11.5 Å². The Bertz CT molecular complexity index is 590. The summed E-state index contributed by atoms with van der Waals surface area (Å²) in [5, 5.41) is 3.00. The zero-order valence-electron chi connectivity index (χ0n) is 13.5. The van der Waals surface area contributed by atoms with Crippen molar-refractivity contribution in [3.63, 3.8) is 0 Å². The van der Waals surface area contributed by atoms with Gasteiger partial charge in [-0.2, -0.15) is 0 Å². The van der Waals surface area contributed by atoms with E-state index in [4.69, 9.17) is 9.47 Å². The van der Waals surface area contributed by atoms with Crippen molar-refractivity contribution in [3.8, 4) is 11.5 Å². The molecule has 4 rings (SSSR count). The fourth-order valence-corrected chi connectivity index (χ4v) is 4.36. The summed E-state index contributed by atoms with van der Waals surface area (Å²) in [5.41, 5.74) is 0.784. The zero-order chi connectivity index (χ0) is 15.6. The van der Waals surface area contributed by atoms with Crippen LogP contribution in [0.15, 0.2) is 18.2 Å². The fourth-order valence-electron chi connectivity index (χ4n) is 4.36. The average molecular weight is 317 g/mol.